The second kappa shape index (κ2) is 9.09. The normalized spacial score (nSPS) is 21.0. The Morgan fingerprint density at radius 2 is 1.69 bits per heavy atom. The van der Waals surface area contributed by atoms with E-state index in [1.54, 1.807) is 0 Å². The Morgan fingerprint density at radius 3 is 2.38 bits per heavy atom. The first-order valence-electron chi connectivity index (χ1n) is 9.66. The summed E-state index contributed by atoms with van der Waals surface area (Å²) in [6.45, 7) is 6.53. The third kappa shape index (κ3) is 5.88. The van der Waals surface area contributed by atoms with Crippen LogP contribution in [0.3, 0.4) is 0 Å². The van der Waals surface area contributed by atoms with Gasteiger partial charge in [-0.2, -0.15) is 13.2 Å². The summed E-state index contributed by atoms with van der Waals surface area (Å²) in [7, 11) is 0. The molecule has 1 heterocycles. The molecule has 0 unspecified atom stereocenters. The summed E-state index contributed by atoms with van der Waals surface area (Å²) in [6, 6.07) is 5.94. The quantitative estimate of drug-likeness (QED) is 0.751. The highest BCUT2D eigenvalue weighted by atomic mass is 19.4. The summed E-state index contributed by atoms with van der Waals surface area (Å²) in [5, 5.41) is 0. The maximum atomic E-state index is 12.7. The summed E-state index contributed by atoms with van der Waals surface area (Å²) in [6.07, 6.45) is 2.56. The van der Waals surface area contributed by atoms with Crippen molar-refractivity contribution in [2.45, 2.75) is 38.3 Å². The summed E-state index contributed by atoms with van der Waals surface area (Å²) >= 11 is 0. The van der Waals surface area contributed by atoms with Crippen molar-refractivity contribution in [2.75, 3.05) is 45.9 Å². The van der Waals surface area contributed by atoms with Crippen LogP contribution in [0.5, 0.6) is 5.75 Å². The van der Waals surface area contributed by atoms with Crippen molar-refractivity contribution in [3.63, 3.8) is 0 Å². The lowest BCUT2D eigenvalue weighted by Gasteiger charge is -2.37. The predicted molar refractivity (Wildman–Crippen MR) is 95.2 cm³/mol. The predicted octanol–water partition coefficient (Wildman–Crippen LogP) is 4.08. The molecule has 3 nitrogen and oxygen atoms in total. The van der Waals surface area contributed by atoms with Gasteiger partial charge in [0.15, 0.2) is 0 Å². The second-order valence-electron chi connectivity index (χ2n) is 7.45. The summed E-state index contributed by atoms with van der Waals surface area (Å²) < 4.78 is 43.6. The molecule has 1 aromatic carbocycles. The van der Waals surface area contributed by atoms with E-state index in [4.69, 9.17) is 4.74 Å². The Labute approximate surface area is 154 Å². The van der Waals surface area contributed by atoms with Gasteiger partial charge in [-0.3, -0.25) is 4.90 Å². The fourth-order valence-corrected chi connectivity index (χ4v) is 3.92. The Balaban J connectivity index is 1.35. The van der Waals surface area contributed by atoms with Gasteiger partial charge in [-0.05, 0) is 43.0 Å². The Hall–Kier alpha value is -1.27. The first kappa shape index (κ1) is 19.5. The van der Waals surface area contributed by atoms with E-state index in [1.165, 1.54) is 44.7 Å². The molecule has 1 aromatic rings. The molecule has 3 rings (SSSR count). The van der Waals surface area contributed by atoms with Crippen LogP contribution in [0.15, 0.2) is 18.2 Å². The van der Waals surface area contributed by atoms with E-state index in [2.05, 4.69) is 15.9 Å². The van der Waals surface area contributed by atoms with Crippen LogP contribution in [-0.2, 0) is 6.18 Å². The highest BCUT2D eigenvalue weighted by Crippen LogP contribution is 2.31. The van der Waals surface area contributed by atoms with Crippen molar-refractivity contribution in [2.24, 2.45) is 5.92 Å². The molecule has 1 radical (unpaired) electrons. The van der Waals surface area contributed by atoms with Crippen molar-refractivity contribution < 1.29 is 17.9 Å². The van der Waals surface area contributed by atoms with Gasteiger partial charge in [-0.25, -0.2) is 0 Å². The van der Waals surface area contributed by atoms with Gasteiger partial charge >= 0.3 is 6.18 Å². The van der Waals surface area contributed by atoms with Gasteiger partial charge in [0.25, 0.3) is 0 Å². The molecule has 0 N–H and O–H groups in total. The van der Waals surface area contributed by atoms with E-state index in [9.17, 15) is 13.2 Å². The maximum Gasteiger partial charge on any atom is 0.416 e. The van der Waals surface area contributed by atoms with Gasteiger partial charge < -0.3 is 9.64 Å². The van der Waals surface area contributed by atoms with Crippen LogP contribution in [0.2, 0.25) is 0 Å². The van der Waals surface area contributed by atoms with Gasteiger partial charge in [0, 0.05) is 39.3 Å². The number of hydrogen-bond donors (Lipinski definition) is 0. The van der Waals surface area contributed by atoms with Gasteiger partial charge in [0.05, 0.1) is 5.56 Å². The van der Waals surface area contributed by atoms with Crippen LogP contribution in [0.4, 0.5) is 13.2 Å². The number of hydrogen-bond acceptors (Lipinski definition) is 3. The minimum absolute atomic E-state index is 0.232. The molecule has 145 valence electrons. The molecule has 0 amide bonds. The SMILES string of the molecule is FC(F)(F)c1c[c]cc(OCCN2CCN(CC3CCCCC3)CC2)c1. The molecule has 0 spiro atoms. The molecule has 2 aliphatic rings. The van der Waals surface area contributed by atoms with Gasteiger partial charge in [-0.15, -0.1) is 0 Å². The summed E-state index contributed by atoms with van der Waals surface area (Å²) in [5.74, 6) is 1.10. The van der Waals surface area contributed by atoms with Crippen molar-refractivity contribution in [3.8, 4) is 5.75 Å². The van der Waals surface area contributed by atoms with E-state index in [1.807, 2.05) is 0 Å². The number of alkyl halides is 3. The second-order valence-corrected chi connectivity index (χ2v) is 7.45. The number of nitrogens with zero attached hydrogens (tertiary/aromatic N) is 2. The Morgan fingerprint density at radius 1 is 1.00 bits per heavy atom. The number of benzene rings is 1. The lowest BCUT2D eigenvalue weighted by Crippen LogP contribution is -2.48. The van der Waals surface area contributed by atoms with Crippen LogP contribution >= 0.6 is 0 Å². The highest BCUT2D eigenvalue weighted by Gasteiger charge is 2.30. The first-order valence-corrected chi connectivity index (χ1v) is 9.66. The topological polar surface area (TPSA) is 15.7 Å². The van der Waals surface area contributed by atoms with E-state index in [0.717, 1.165) is 50.8 Å². The zero-order valence-corrected chi connectivity index (χ0v) is 15.2. The fourth-order valence-electron chi connectivity index (χ4n) is 3.92. The molecular formula is C20H28F3N2O. The third-order valence-corrected chi connectivity index (χ3v) is 5.47. The van der Waals surface area contributed by atoms with Crippen molar-refractivity contribution in [1.29, 1.82) is 0 Å². The number of rotatable bonds is 6. The van der Waals surface area contributed by atoms with Crippen LogP contribution in [0.25, 0.3) is 0 Å². The Kier molecular flexibility index (Phi) is 6.81. The monoisotopic (exact) mass is 369 g/mol. The molecular weight excluding hydrogens is 341 g/mol. The summed E-state index contributed by atoms with van der Waals surface area (Å²) in [4.78, 5) is 4.89. The first-order chi connectivity index (χ1) is 12.5. The lowest BCUT2D eigenvalue weighted by molar-refractivity contribution is -0.137. The molecule has 0 aromatic heterocycles. The third-order valence-electron chi connectivity index (χ3n) is 5.47. The zero-order chi connectivity index (χ0) is 18.4. The molecule has 2 fully saturated rings. The van der Waals surface area contributed by atoms with E-state index < -0.39 is 11.7 Å². The summed E-state index contributed by atoms with van der Waals surface area (Å²) in [5.41, 5.74) is -0.716. The molecule has 1 aliphatic carbocycles. The number of halogens is 3. The van der Waals surface area contributed by atoms with E-state index in [-0.39, 0.29) is 5.75 Å². The largest absolute Gasteiger partial charge is 0.492 e. The standard InChI is InChI=1S/C20H28F3N2O/c21-20(22,23)18-7-4-8-19(15-18)26-14-13-24-9-11-25(12-10-24)16-17-5-2-1-3-6-17/h7-8,15,17H,1-3,5-6,9-14,16H2. The highest BCUT2D eigenvalue weighted by molar-refractivity contribution is 5.29. The number of ether oxygens (including phenoxy) is 1. The van der Waals surface area contributed by atoms with Crippen LogP contribution in [0, 0.1) is 12.0 Å². The zero-order valence-electron chi connectivity index (χ0n) is 15.2. The molecule has 1 saturated carbocycles. The molecule has 0 atom stereocenters. The lowest BCUT2D eigenvalue weighted by atomic mass is 9.89. The molecule has 26 heavy (non-hydrogen) atoms. The smallest absolute Gasteiger partial charge is 0.416 e. The van der Waals surface area contributed by atoms with Crippen LogP contribution in [-0.4, -0.2) is 55.7 Å². The van der Waals surface area contributed by atoms with Crippen molar-refractivity contribution in [3.05, 3.63) is 29.8 Å². The van der Waals surface area contributed by atoms with Crippen LogP contribution < -0.4 is 4.74 Å². The molecule has 1 aliphatic heterocycles. The van der Waals surface area contributed by atoms with Gasteiger partial charge in [0.2, 0.25) is 0 Å². The maximum absolute atomic E-state index is 12.7. The van der Waals surface area contributed by atoms with Crippen LogP contribution in [0.1, 0.15) is 37.7 Å². The molecule has 6 heteroatoms. The van der Waals surface area contributed by atoms with Crippen molar-refractivity contribution >= 4 is 0 Å². The van der Waals surface area contributed by atoms with E-state index >= 15 is 0 Å². The van der Waals surface area contributed by atoms with Gasteiger partial charge in [0.1, 0.15) is 12.4 Å². The average molecular weight is 369 g/mol. The van der Waals surface area contributed by atoms with Crippen molar-refractivity contribution in [1.82, 2.24) is 9.80 Å². The number of piperazine rings is 1. The molecule has 1 saturated heterocycles. The fraction of sp³-hybridized carbons (Fsp3) is 0.700. The minimum Gasteiger partial charge on any atom is -0.492 e. The Bertz CT molecular complexity index is 550. The molecule has 0 bridgehead atoms. The average Bonchev–Trinajstić information content (AvgIpc) is 2.64. The van der Waals surface area contributed by atoms with Gasteiger partial charge in [-0.1, -0.05) is 19.3 Å². The minimum atomic E-state index is -4.36. The van der Waals surface area contributed by atoms with E-state index in [0.29, 0.717) is 6.61 Å².